The molecule has 1 aromatic carbocycles. The van der Waals surface area contributed by atoms with E-state index in [-0.39, 0.29) is 11.8 Å². The van der Waals surface area contributed by atoms with Crippen LogP contribution in [0.1, 0.15) is 18.9 Å². The molecule has 0 radical (unpaired) electrons. The summed E-state index contributed by atoms with van der Waals surface area (Å²) in [5.41, 5.74) is 7.49. The number of nitrogens with two attached hydrogens (primary N) is 1. The number of nitrogens with zero attached hydrogens (tertiary/aromatic N) is 4. The summed E-state index contributed by atoms with van der Waals surface area (Å²) in [6, 6.07) is 10.1. The topological polar surface area (TPSA) is 109 Å². The van der Waals surface area contributed by atoms with Crippen molar-refractivity contribution in [1.82, 2.24) is 24.7 Å². The van der Waals surface area contributed by atoms with E-state index in [0.717, 1.165) is 55.9 Å². The number of benzene rings is 1. The minimum atomic E-state index is -0.414. The van der Waals surface area contributed by atoms with Crippen LogP contribution in [0.3, 0.4) is 0 Å². The Morgan fingerprint density at radius 1 is 1.18 bits per heavy atom. The van der Waals surface area contributed by atoms with Gasteiger partial charge in [0.2, 0.25) is 0 Å². The Labute approximate surface area is 200 Å². The lowest BCUT2D eigenvalue weighted by Crippen LogP contribution is -2.48. The number of amides is 2. The van der Waals surface area contributed by atoms with Gasteiger partial charge in [-0.3, -0.25) is 14.8 Å². The van der Waals surface area contributed by atoms with Crippen LogP contribution in [0.15, 0.2) is 41.3 Å². The lowest BCUT2D eigenvalue weighted by molar-refractivity contribution is 0.201. The third-order valence-electron chi connectivity index (χ3n) is 7.79. The highest BCUT2D eigenvalue weighted by Gasteiger charge is 2.55. The van der Waals surface area contributed by atoms with E-state index in [0.29, 0.717) is 19.1 Å². The highest BCUT2D eigenvalue weighted by Crippen LogP contribution is 2.51. The van der Waals surface area contributed by atoms with E-state index in [4.69, 9.17) is 5.73 Å². The van der Waals surface area contributed by atoms with Crippen molar-refractivity contribution in [2.75, 3.05) is 51.1 Å². The van der Waals surface area contributed by atoms with Gasteiger partial charge < -0.3 is 16.0 Å². The van der Waals surface area contributed by atoms with Gasteiger partial charge in [0.05, 0.1) is 5.69 Å². The first-order chi connectivity index (χ1) is 16.6. The largest absolute Gasteiger partial charge is 0.354 e. The number of aromatic nitrogens is 2. The first-order valence-electron chi connectivity index (χ1n) is 12.5. The molecular formula is C25H35N7O2. The lowest BCUT2D eigenvalue weighted by Gasteiger charge is -2.29. The number of rotatable bonds is 7. The molecule has 1 saturated carbocycles. The number of carbonyl (C=O) groups is 1. The van der Waals surface area contributed by atoms with E-state index in [1.54, 1.807) is 17.2 Å². The molecule has 0 bridgehead atoms. The van der Waals surface area contributed by atoms with Gasteiger partial charge in [-0.2, -0.15) is 4.98 Å². The second kappa shape index (κ2) is 9.85. The van der Waals surface area contributed by atoms with Crippen LogP contribution >= 0.6 is 0 Å². The number of hydrogen-bond acceptors (Lipinski definition) is 6. The number of hydrogen-bond donors (Lipinski definition) is 3. The fraction of sp³-hybridized carbons (Fsp3) is 0.560. The summed E-state index contributed by atoms with van der Waals surface area (Å²) in [6.45, 7) is 8.28. The lowest BCUT2D eigenvalue weighted by atomic mass is 10.0. The van der Waals surface area contributed by atoms with Gasteiger partial charge >= 0.3 is 11.7 Å². The number of fused-ring (bicyclic) bond motifs is 1. The van der Waals surface area contributed by atoms with Crippen LogP contribution in [-0.2, 0) is 6.42 Å². The van der Waals surface area contributed by atoms with Crippen molar-refractivity contribution < 1.29 is 4.79 Å². The molecule has 5 rings (SSSR count). The van der Waals surface area contributed by atoms with E-state index < -0.39 is 5.69 Å². The maximum absolute atomic E-state index is 12.6. The van der Waals surface area contributed by atoms with E-state index in [2.05, 4.69) is 39.6 Å². The molecule has 2 unspecified atom stereocenters. The zero-order chi connectivity index (χ0) is 23.7. The molecule has 9 heteroatoms. The van der Waals surface area contributed by atoms with Crippen molar-refractivity contribution in [2.24, 2.45) is 23.5 Å². The maximum Gasteiger partial charge on any atom is 0.354 e. The highest BCUT2D eigenvalue weighted by molar-refractivity contribution is 5.88. The standard InChI is InChI=1S/C25H35N7O2/c1-2-18(31-15-21-20(14-26)22(21)16-31)13-17-3-5-19(6-4-17)32-10-7-23(29-25(32)34)28-24(33)30-11-8-27-9-12-30/h3-7,10,18,20-22,27H,2,8-9,11-16,26H2,1H3,(H,28,29,33,34)/t18?,20?,21-,22+. The number of piperazine rings is 1. The van der Waals surface area contributed by atoms with Crippen molar-refractivity contribution in [3.05, 3.63) is 52.6 Å². The van der Waals surface area contributed by atoms with Gasteiger partial charge in [-0.25, -0.2) is 9.59 Å². The first kappa shape index (κ1) is 23.0. The van der Waals surface area contributed by atoms with Crippen molar-refractivity contribution in [3.63, 3.8) is 0 Å². The minimum absolute atomic E-state index is 0.227. The normalized spacial score (nSPS) is 25.1. The molecule has 4 N–H and O–H groups in total. The summed E-state index contributed by atoms with van der Waals surface area (Å²) in [5, 5.41) is 5.94. The summed E-state index contributed by atoms with van der Waals surface area (Å²) < 4.78 is 1.50. The Morgan fingerprint density at radius 2 is 1.88 bits per heavy atom. The second-order valence-corrected chi connectivity index (χ2v) is 9.75. The smallest absolute Gasteiger partial charge is 0.330 e. The second-order valence-electron chi connectivity index (χ2n) is 9.75. The Kier molecular flexibility index (Phi) is 6.67. The zero-order valence-electron chi connectivity index (χ0n) is 19.8. The summed E-state index contributed by atoms with van der Waals surface area (Å²) in [5.74, 6) is 2.64. The molecular weight excluding hydrogens is 430 g/mol. The Bertz CT molecular complexity index is 1050. The molecule has 2 amide bonds. The molecule has 34 heavy (non-hydrogen) atoms. The van der Waals surface area contributed by atoms with E-state index in [1.165, 1.54) is 23.2 Å². The van der Waals surface area contributed by atoms with Crippen LogP contribution in [0, 0.1) is 17.8 Å². The fourth-order valence-electron chi connectivity index (χ4n) is 5.65. The quantitative estimate of drug-likeness (QED) is 0.566. The van der Waals surface area contributed by atoms with Gasteiger partial charge in [0.15, 0.2) is 0 Å². The number of nitrogens with one attached hydrogen (secondary N) is 2. The molecule has 1 aromatic heterocycles. The molecule has 3 aliphatic rings. The number of carbonyl (C=O) groups excluding carboxylic acids is 1. The van der Waals surface area contributed by atoms with Crippen LogP contribution in [0.4, 0.5) is 10.6 Å². The SMILES string of the molecule is CCC(Cc1ccc(-n2ccc(NC(=O)N3CCNCC3)nc2=O)cc1)N1C[C@@H]2C(CN)[C@@H]2C1. The monoisotopic (exact) mass is 465 g/mol. The van der Waals surface area contributed by atoms with Gasteiger partial charge in [0.25, 0.3) is 0 Å². The first-order valence-corrected chi connectivity index (χ1v) is 12.5. The predicted molar refractivity (Wildman–Crippen MR) is 132 cm³/mol. The van der Waals surface area contributed by atoms with E-state index in [1.807, 2.05) is 12.1 Å². The molecule has 2 saturated heterocycles. The van der Waals surface area contributed by atoms with Gasteiger partial charge in [-0.15, -0.1) is 0 Å². The predicted octanol–water partition coefficient (Wildman–Crippen LogP) is 1.13. The minimum Gasteiger partial charge on any atom is -0.330 e. The van der Waals surface area contributed by atoms with Crippen molar-refractivity contribution in [1.29, 1.82) is 0 Å². The Hall–Kier alpha value is -2.75. The van der Waals surface area contributed by atoms with Gasteiger partial charge in [0, 0.05) is 51.5 Å². The summed E-state index contributed by atoms with van der Waals surface area (Å²) in [6.07, 6.45) is 3.80. The van der Waals surface area contributed by atoms with Gasteiger partial charge in [0.1, 0.15) is 5.82 Å². The van der Waals surface area contributed by atoms with Crippen molar-refractivity contribution >= 4 is 11.8 Å². The molecule has 3 heterocycles. The van der Waals surface area contributed by atoms with Crippen LogP contribution in [0.25, 0.3) is 5.69 Å². The molecule has 2 aromatic rings. The van der Waals surface area contributed by atoms with Crippen molar-refractivity contribution in [2.45, 2.75) is 25.8 Å². The number of piperidine rings is 1. The number of anilines is 1. The maximum atomic E-state index is 12.6. The van der Waals surface area contributed by atoms with Crippen LogP contribution < -0.4 is 22.1 Å². The molecule has 182 valence electrons. The Balaban J connectivity index is 1.20. The zero-order valence-corrected chi connectivity index (χ0v) is 19.8. The van der Waals surface area contributed by atoms with E-state index in [9.17, 15) is 9.59 Å². The average molecular weight is 466 g/mol. The Morgan fingerprint density at radius 3 is 2.50 bits per heavy atom. The molecule has 9 nitrogen and oxygen atoms in total. The molecule has 0 spiro atoms. The summed E-state index contributed by atoms with van der Waals surface area (Å²) in [4.78, 5) is 33.4. The number of likely N-dealkylation sites (tertiary alicyclic amines) is 1. The van der Waals surface area contributed by atoms with E-state index >= 15 is 0 Å². The van der Waals surface area contributed by atoms with Gasteiger partial charge in [-0.05, 0) is 60.9 Å². The van der Waals surface area contributed by atoms with Crippen LogP contribution in [0.5, 0.6) is 0 Å². The fourth-order valence-corrected chi connectivity index (χ4v) is 5.65. The summed E-state index contributed by atoms with van der Waals surface area (Å²) in [7, 11) is 0. The molecule has 3 fully saturated rings. The molecule has 2 aliphatic heterocycles. The third-order valence-corrected chi connectivity index (χ3v) is 7.79. The van der Waals surface area contributed by atoms with Crippen molar-refractivity contribution in [3.8, 4) is 5.69 Å². The van der Waals surface area contributed by atoms with Crippen LogP contribution in [0.2, 0.25) is 0 Å². The van der Waals surface area contributed by atoms with Crippen LogP contribution in [-0.4, -0.2) is 77.2 Å². The molecule has 1 aliphatic carbocycles. The third kappa shape index (κ3) is 4.73. The average Bonchev–Trinajstić information content (AvgIpc) is 3.34. The van der Waals surface area contributed by atoms with Gasteiger partial charge in [-0.1, -0.05) is 19.1 Å². The molecule has 4 atom stereocenters. The number of urea groups is 1. The summed E-state index contributed by atoms with van der Waals surface area (Å²) >= 11 is 0. The highest BCUT2D eigenvalue weighted by atomic mass is 16.2.